The van der Waals surface area contributed by atoms with Crippen molar-refractivity contribution >= 4 is 17.4 Å². The Morgan fingerprint density at radius 1 is 1.03 bits per heavy atom. The van der Waals surface area contributed by atoms with Crippen LogP contribution in [0.25, 0.3) is 0 Å². The van der Waals surface area contributed by atoms with Gasteiger partial charge in [-0.15, -0.1) is 0 Å². The highest BCUT2D eigenvalue weighted by Crippen LogP contribution is 2.37. The van der Waals surface area contributed by atoms with Crippen molar-refractivity contribution in [2.75, 3.05) is 44.3 Å². The van der Waals surface area contributed by atoms with Gasteiger partial charge in [-0.2, -0.15) is 0 Å². The number of nitrogens with zero attached hydrogens (tertiary/aromatic N) is 4. The van der Waals surface area contributed by atoms with Crippen LogP contribution in [0.4, 0.5) is 11.5 Å². The quantitative estimate of drug-likeness (QED) is 0.582. The third kappa shape index (κ3) is 3.80. The van der Waals surface area contributed by atoms with Crippen molar-refractivity contribution in [3.05, 3.63) is 64.3 Å². The minimum atomic E-state index is -0.517. The van der Waals surface area contributed by atoms with Gasteiger partial charge in [0.15, 0.2) is 6.20 Å². The Hall–Kier alpha value is -3.00. The number of anilines is 1. The molecule has 2 fully saturated rings. The van der Waals surface area contributed by atoms with Crippen LogP contribution in [0.5, 0.6) is 0 Å². The molecule has 1 amide bonds. The van der Waals surface area contributed by atoms with Crippen molar-refractivity contribution in [1.29, 1.82) is 0 Å². The molecule has 0 N–H and O–H groups in total. The van der Waals surface area contributed by atoms with E-state index in [0.717, 1.165) is 11.3 Å². The molecule has 0 saturated carbocycles. The highest BCUT2D eigenvalue weighted by molar-refractivity contribution is 5.88. The lowest BCUT2D eigenvalue weighted by molar-refractivity contribution is -0.389. The summed E-state index contributed by atoms with van der Waals surface area (Å²) in [6.07, 6.45) is 2.92. The molecule has 0 unspecified atom stereocenters. The molecule has 2 saturated heterocycles. The number of carbonyl (C=O) groups excluding carboxylic acids is 1. The van der Waals surface area contributed by atoms with Crippen LogP contribution in [0.15, 0.2) is 48.7 Å². The normalized spacial score (nSPS) is 19.0. The maximum Gasteiger partial charge on any atom is 0.363 e. The van der Waals surface area contributed by atoms with E-state index in [9.17, 15) is 14.9 Å². The predicted octanol–water partition coefficient (Wildman–Crippen LogP) is 2.39. The number of carbonyl (C=O) groups is 1. The summed E-state index contributed by atoms with van der Waals surface area (Å²) in [6.45, 7) is 3.76. The van der Waals surface area contributed by atoms with Gasteiger partial charge >= 0.3 is 5.82 Å². The second kappa shape index (κ2) is 8.16. The third-order valence-corrected chi connectivity index (χ3v) is 5.93. The van der Waals surface area contributed by atoms with Crippen LogP contribution in [0.2, 0.25) is 0 Å². The molecule has 4 rings (SSSR count). The molecule has 0 bridgehead atoms. The number of piperazine rings is 1. The fourth-order valence-electron chi connectivity index (χ4n) is 4.25. The average Bonchev–Trinajstić information content (AvgIpc) is 2.80. The van der Waals surface area contributed by atoms with Gasteiger partial charge in [0.1, 0.15) is 0 Å². The van der Waals surface area contributed by atoms with Gasteiger partial charge in [0.05, 0.1) is 11.1 Å². The first-order chi connectivity index (χ1) is 14.1. The van der Waals surface area contributed by atoms with Gasteiger partial charge < -0.3 is 24.7 Å². The first-order valence-corrected chi connectivity index (χ1v) is 9.88. The third-order valence-electron chi connectivity index (χ3n) is 5.93. The maximum absolute atomic E-state index is 13.6. The molecule has 152 valence electrons. The van der Waals surface area contributed by atoms with E-state index in [1.807, 2.05) is 35.2 Å². The van der Waals surface area contributed by atoms with Gasteiger partial charge in [-0.05, 0) is 34.4 Å². The van der Waals surface area contributed by atoms with Gasteiger partial charge in [0.2, 0.25) is 5.91 Å². The Morgan fingerprint density at radius 3 is 2.31 bits per heavy atom. The SMILES string of the molecule is O=C(N1CCN(c2ccc([N+](=O)[O-])nc2)CC1)C1(c2ccccc2)CCOCC1. The van der Waals surface area contributed by atoms with E-state index in [1.165, 1.54) is 12.3 Å². The first kappa shape index (κ1) is 19.3. The van der Waals surface area contributed by atoms with E-state index in [-0.39, 0.29) is 11.7 Å². The standard InChI is InChI=1S/C21H24N4O4/c26-20(21(8-14-29-15-9-21)17-4-2-1-3-5-17)24-12-10-23(11-13-24)18-6-7-19(22-16-18)25(27)28/h1-7,16H,8-15H2. The largest absolute Gasteiger partial charge is 0.381 e. The second-order valence-corrected chi connectivity index (χ2v) is 7.47. The molecule has 3 heterocycles. The molecule has 0 atom stereocenters. The summed E-state index contributed by atoms with van der Waals surface area (Å²) in [7, 11) is 0. The second-order valence-electron chi connectivity index (χ2n) is 7.47. The van der Waals surface area contributed by atoms with Crippen LogP contribution in [-0.4, -0.2) is 60.1 Å². The monoisotopic (exact) mass is 396 g/mol. The van der Waals surface area contributed by atoms with E-state index >= 15 is 0 Å². The van der Waals surface area contributed by atoms with Crippen molar-refractivity contribution in [3.8, 4) is 0 Å². The number of pyridine rings is 1. The summed E-state index contributed by atoms with van der Waals surface area (Å²) in [5.74, 6) is 0.0142. The van der Waals surface area contributed by atoms with Crippen molar-refractivity contribution in [2.45, 2.75) is 18.3 Å². The molecule has 1 aromatic heterocycles. The molecular formula is C21H24N4O4. The van der Waals surface area contributed by atoms with Gasteiger partial charge in [-0.1, -0.05) is 30.3 Å². The summed E-state index contributed by atoms with van der Waals surface area (Å²) >= 11 is 0. The zero-order valence-electron chi connectivity index (χ0n) is 16.2. The number of amides is 1. The smallest absolute Gasteiger partial charge is 0.363 e. The van der Waals surface area contributed by atoms with Gasteiger partial charge in [0, 0.05) is 45.5 Å². The molecule has 8 heteroatoms. The van der Waals surface area contributed by atoms with Crippen LogP contribution in [0.3, 0.4) is 0 Å². The number of nitro groups is 1. The maximum atomic E-state index is 13.6. The first-order valence-electron chi connectivity index (χ1n) is 9.88. The fraction of sp³-hybridized carbons (Fsp3) is 0.429. The highest BCUT2D eigenvalue weighted by Gasteiger charge is 2.44. The lowest BCUT2D eigenvalue weighted by atomic mass is 9.73. The number of hydrogen-bond donors (Lipinski definition) is 0. The zero-order valence-corrected chi connectivity index (χ0v) is 16.2. The Kier molecular flexibility index (Phi) is 5.44. The predicted molar refractivity (Wildman–Crippen MR) is 108 cm³/mol. The van der Waals surface area contributed by atoms with E-state index in [1.54, 1.807) is 6.07 Å². The number of benzene rings is 1. The van der Waals surface area contributed by atoms with Crippen molar-refractivity contribution in [3.63, 3.8) is 0 Å². The fourth-order valence-corrected chi connectivity index (χ4v) is 4.25. The minimum absolute atomic E-state index is 0.160. The Morgan fingerprint density at radius 2 is 1.72 bits per heavy atom. The van der Waals surface area contributed by atoms with Crippen LogP contribution in [0.1, 0.15) is 18.4 Å². The molecule has 2 aromatic rings. The minimum Gasteiger partial charge on any atom is -0.381 e. The molecule has 29 heavy (non-hydrogen) atoms. The molecule has 0 spiro atoms. The summed E-state index contributed by atoms with van der Waals surface area (Å²) in [5.41, 5.74) is 1.39. The molecule has 2 aliphatic heterocycles. The van der Waals surface area contributed by atoms with Crippen molar-refractivity contribution < 1.29 is 14.5 Å². The van der Waals surface area contributed by atoms with Gasteiger partial charge in [0.25, 0.3) is 0 Å². The van der Waals surface area contributed by atoms with E-state index in [0.29, 0.717) is 52.2 Å². The van der Waals surface area contributed by atoms with Gasteiger partial charge in [-0.3, -0.25) is 4.79 Å². The van der Waals surface area contributed by atoms with Crippen LogP contribution in [0, 0.1) is 10.1 Å². The topological polar surface area (TPSA) is 88.8 Å². The molecule has 2 aliphatic rings. The van der Waals surface area contributed by atoms with Crippen molar-refractivity contribution in [2.24, 2.45) is 0 Å². The zero-order chi connectivity index (χ0) is 20.3. The lowest BCUT2D eigenvalue weighted by Crippen LogP contribution is -2.56. The van der Waals surface area contributed by atoms with Crippen LogP contribution in [-0.2, 0) is 14.9 Å². The van der Waals surface area contributed by atoms with Crippen molar-refractivity contribution in [1.82, 2.24) is 9.88 Å². The Labute approximate surface area is 169 Å². The Balaban J connectivity index is 1.47. The van der Waals surface area contributed by atoms with Crippen LogP contribution >= 0.6 is 0 Å². The number of ether oxygens (including phenoxy) is 1. The summed E-state index contributed by atoms with van der Waals surface area (Å²) < 4.78 is 5.55. The molecule has 1 aromatic carbocycles. The number of aromatic nitrogens is 1. The Bertz CT molecular complexity index is 858. The molecular weight excluding hydrogens is 372 g/mol. The summed E-state index contributed by atoms with van der Waals surface area (Å²) in [5, 5.41) is 10.8. The number of rotatable bonds is 4. The van der Waals surface area contributed by atoms with Crippen LogP contribution < -0.4 is 4.90 Å². The van der Waals surface area contributed by atoms with E-state index in [2.05, 4.69) is 9.88 Å². The highest BCUT2D eigenvalue weighted by atomic mass is 16.6. The number of hydrogen-bond acceptors (Lipinski definition) is 6. The van der Waals surface area contributed by atoms with E-state index < -0.39 is 10.3 Å². The van der Waals surface area contributed by atoms with Gasteiger partial charge in [-0.25, -0.2) is 0 Å². The summed E-state index contributed by atoms with van der Waals surface area (Å²) in [6, 6.07) is 13.2. The molecule has 8 nitrogen and oxygen atoms in total. The summed E-state index contributed by atoms with van der Waals surface area (Å²) in [4.78, 5) is 31.8. The van der Waals surface area contributed by atoms with E-state index in [4.69, 9.17) is 4.74 Å². The average molecular weight is 396 g/mol. The lowest BCUT2D eigenvalue weighted by Gasteiger charge is -2.43. The molecule has 0 radical (unpaired) electrons. The molecule has 0 aliphatic carbocycles.